The number of rotatable bonds is 4. The molecular weight excluding hydrogens is 382 g/mol. The number of aryl methyl sites for hydroxylation is 2. The van der Waals surface area contributed by atoms with E-state index in [2.05, 4.69) is 46.9 Å². The van der Waals surface area contributed by atoms with E-state index < -0.39 is 0 Å². The fourth-order valence-electron chi connectivity index (χ4n) is 3.40. The van der Waals surface area contributed by atoms with Crippen LogP contribution < -0.4 is 5.32 Å². The molecule has 4 rings (SSSR count). The second-order valence-electron chi connectivity index (χ2n) is 6.86. The summed E-state index contributed by atoms with van der Waals surface area (Å²) in [6.07, 6.45) is 1.78. The van der Waals surface area contributed by atoms with Gasteiger partial charge in [-0.3, -0.25) is 9.78 Å². The van der Waals surface area contributed by atoms with Crippen LogP contribution in [0.25, 0.3) is 16.9 Å². The number of hydrogen-bond donors (Lipinski definition) is 1. The lowest BCUT2D eigenvalue weighted by atomic mass is 10.1. The Hall–Kier alpha value is -3.37. The number of amides is 1. The molecule has 2 aromatic carbocycles. The molecular formula is C24H20ClN3O. The Morgan fingerprint density at radius 2 is 1.66 bits per heavy atom. The van der Waals surface area contributed by atoms with Crippen LogP contribution in [0.15, 0.2) is 79.0 Å². The molecule has 1 amide bonds. The Labute approximate surface area is 174 Å². The van der Waals surface area contributed by atoms with Gasteiger partial charge in [0.2, 0.25) is 0 Å². The Morgan fingerprint density at radius 1 is 0.931 bits per heavy atom. The zero-order valence-electron chi connectivity index (χ0n) is 16.2. The van der Waals surface area contributed by atoms with Crippen LogP contribution in [-0.2, 0) is 0 Å². The van der Waals surface area contributed by atoms with Crippen LogP contribution >= 0.6 is 11.6 Å². The molecule has 4 nitrogen and oxygen atoms in total. The first-order valence-corrected chi connectivity index (χ1v) is 9.68. The number of carbonyl (C=O) groups excluding carboxylic acids is 1. The molecule has 0 unspecified atom stereocenters. The van der Waals surface area contributed by atoms with Gasteiger partial charge in [-0.05, 0) is 68.4 Å². The lowest BCUT2D eigenvalue weighted by molar-refractivity contribution is 0.102. The molecule has 29 heavy (non-hydrogen) atoms. The molecule has 0 atom stereocenters. The maximum absolute atomic E-state index is 12.5. The van der Waals surface area contributed by atoms with E-state index in [0.717, 1.165) is 28.3 Å². The van der Waals surface area contributed by atoms with E-state index in [4.69, 9.17) is 11.6 Å². The van der Waals surface area contributed by atoms with Crippen molar-refractivity contribution < 1.29 is 4.79 Å². The van der Waals surface area contributed by atoms with Gasteiger partial charge in [0.05, 0.1) is 11.4 Å². The van der Waals surface area contributed by atoms with Gasteiger partial charge in [-0.25, -0.2) is 0 Å². The van der Waals surface area contributed by atoms with Gasteiger partial charge < -0.3 is 9.88 Å². The van der Waals surface area contributed by atoms with E-state index in [-0.39, 0.29) is 5.91 Å². The minimum absolute atomic E-state index is 0.183. The van der Waals surface area contributed by atoms with Gasteiger partial charge in [0.15, 0.2) is 0 Å². The van der Waals surface area contributed by atoms with Gasteiger partial charge in [0, 0.05) is 39.4 Å². The molecule has 0 aliphatic carbocycles. The fourth-order valence-corrected chi connectivity index (χ4v) is 3.59. The van der Waals surface area contributed by atoms with Crippen molar-refractivity contribution in [2.45, 2.75) is 13.8 Å². The monoisotopic (exact) mass is 401 g/mol. The maximum Gasteiger partial charge on any atom is 0.255 e. The summed E-state index contributed by atoms with van der Waals surface area (Å²) in [6, 6.07) is 22.7. The average molecular weight is 402 g/mol. The molecule has 0 fully saturated rings. The number of nitrogens with one attached hydrogen (secondary N) is 1. The predicted molar refractivity (Wildman–Crippen MR) is 118 cm³/mol. The summed E-state index contributed by atoms with van der Waals surface area (Å²) in [5.74, 6) is -0.183. The van der Waals surface area contributed by atoms with Crippen molar-refractivity contribution in [3.63, 3.8) is 0 Å². The SMILES string of the molecule is Cc1ccc(C)n1-c1cccnc1-c1ccc(C(=O)Nc2cccc(Cl)c2)cc1. The van der Waals surface area contributed by atoms with Crippen LogP contribution in [0.5, 0.6) is 0 Å². The third-order valence-electron chi connectivity index (χ3n) is 4.80. The summed E-state index contributed by atoms with van der Waals surface area (Å²) in [4.78, 5) is 17.1. The van der Waals surface area contributed by atoms with Crippen LogP contribution in [0, 0.1) is 13.8 Å². The van der Waals surface area contributed by atoms with Crippen LogP contribution in [0.3, 0.4) is 0 Å². The van der Waals surface area contributed by atoms with Gasteiger partial charge in [0.25, 0.3) is 5.91 Å². The summed E-state index contributed by atoms with van der Waals surface area (Å²) in [5.41, 5.74) is 6.37. The lowest BCUT2D eigenvalue weighted by Gasteiger charge is -2.14. The summed E-state index contributed by atoms with van der Waals surface area (Å²) in [5, 5.41) is 3.44. The third-order valence-corrected chi connectivity index (χ3v) is 5.04. The van der Waals surface area contributed by atoms with Crippen molar-refractivity contribution in [2.24, 2.45) is 0 Å². The fraction of sp³-hybridized carbons (Fsp3) is 0.0833. The highest BCUT2D eigenvalue weighted by atomic mass is 35.5. The molecule has 0 saturated carbocycles. The first-order valence-electron chi connectivity index (χ1n) is 9.30. The largest absolute Gasteiger partial charge is 0.322 e. The van der Waals surface area contributed by atoms with E-state index in [9.17, 15) is 4.79 Å². The van der Waals surface area contributed by atoms with Crippen LogP contribution in [-0.4, -0.2) is 15.5 Å². The predicted octanol–water partition coefficient (Wildman–Crippen LogP) is 6.06. The highest BCUT2D eigenvalue weighted by Crippen LogP contribution is 2.27. The molecule has 0 spiro atoms. The Balaban J connectivity index is 1.63. The topological polar surface area (TPSA) is 46.9 Å². The molecule has 0 saturated heterocycles. The molecule has 4 aromatic rings. The molecule has 0 radical (unpaired) electrons. The number of pyridine rings is 1. The minimum Gasteiger partial charge on any atom is -0.322 e. The van der Waals surface area contributed by atoms with Crippen LogP contribution in [0.1, 0.15) is 21.7 Å². The number of carbonyl (C=O) groups is 1. The first-order chi connectivity index (χ1) is 14.0. The molecule has 2 heterocycles. The Morgan fingerprint density at radius 3 is 2.34 bits per heavy atom. The van der Waals surface area contributed by atoms with Gasteiger partial charge in [-0.15, -0.1) is 0 Å². The molecule has 144 valence electrons. The van der Waals surface area contributed by atoms with Crippen LogP contribution in [0.4, 0.5) is 5.69 Å². The number of hydrogen-bond acceptors (Lipinski definition) is 2. The Kier molecular flexibility index (Phi) is 5.19. The standard InChI is InChI=1S/C24H20ClN3O/c1-16-8-9-17(2)28(16)22-7-4-14-26-23(22)18-10-12-19(13-11-18)24(29)27-21-6-3-5-20(25)15-21/h3-15H,1-2H3,(H,27,29). The molecule has 2 aromatic heterocycles. The van der Waals surface area contributed by atoms with Gasteiger partial charge in [-0.2, -0.15) is 0 Å². The first kappa shape index (κ1) is 19.0. The molecule has 0 aliphatic rings. The summed E-state index contributed by atoms with van der Waals surface area (Å²) in [6.45, 7) is 4.15. The number of halogens is 1. The van der Waals surface area contributed by atoms with E-state index in [0.29, 0.717) is 16.3 Å². The van der Waals surface area contributed by atoms with Crippen molar-refractivity contribution in [3.05, 3.63) is 101 Å². The number of aromatic nitrogens is 2. The van der Waals surface area contributed by atoms with E-state index in [1.54, 1.807) is 30.5 Å². The second kappa shape index (κ2) is 7.94. The quantitative estimate of drug-likeness (QED) is 0.451. The van der Waals surface area contributed by atoms with Crippen molar-refractivity contribution in [2.75, 3.05) is 5.32 Å². The van der Waals surface area contributed by atoms with Gasteiger partial charge in [-0.1, -0.05) is 29.8 Å². The maximum atomic E-state index is 12.5. The highest BCUT2D eigenvalue weighted by molar-refractivity contribution is 6.31. The molecule has 1 N–H and O–H groups in total. The smallest absolute Gasteiger partial charge is 0.255 e. The summed E-state index contributed by atoms with van der Waals surface area (Å²) in [7, 11) is 0. The molecule has 5 heteroatoms. The molecule has 0 aliphatic heterocycles. The van der Waals surface area contributed by atoms with Crippen LogP contribution in [0.2, 0.25) is 5.02 Å². The van der Waals surface area contributed by atoms with Crippen molar-refractivity contribution in [1.29, 1.82) is 0 Å². The van der Waals surface area contributed by atoms with Gasteiger partial charge in [0.1, 0.15) is 0 Å². The summed E-state index contributed by atoms with van der Waals surface area (Å²) >= 11 is 5.98. The van der Waals surface area contributed by atoms with Gasteiger partial charge >= 0.3 is 0 Å². The zero-order chi connectivity index (χ0) is 20.4. The minimum atomic E-state index is -0.183. The van der Waals surface area contributed by atoms with Crippen molar-refractivity contribution in [3.8, 4) is 16.9 Å². The lowest BCUT2D eigenvalue weighted by Crippen LogP contribution is -2.11. The van der Waals surface area contributed by atoms with E-state index >= 15 is 0 Å². The van der Waals surface area contributed by atoms with E-state index in [1.807, 2.05) is 30.3 Å². The summed E-state index contributed by atoms with van der Waals surface area (Å²) < 4.78 is 2.18. The number of anilines is 1. The highest BCUT2D eigenvalue weighted by Gasteiger charge is 2.13. The normalized spacial score (nSPS) is 10.7. The van der Waals surface area contributed by atoms with Crippen molar-refractivity contribution >= 4 is 23.2 Å². The Bertz CT molecular complexity index is 1160. The van der Waals surface area contributed by atoms with Crippen molar-refractivity contribution in [1.82, 2.24) is 9.55 Å². The second-order valence-corrected chi connectivity index (χ2v) is 7.30. The number of nitrogens with zero attached hydrogens (tertiary/aromatic N) is 2. The third kappa shape index (κ3) is 3.93. The average Bonchev–Trinajstić information content (AvgIpc) is 3.06. The molecule has 0 bridgehead atoms. The number of benzene rings is 2. The van der Waals surface area contributed by atoms with E-state index in [1.165, 1.54) is 0 Å². The zero-order valence-corrected chi connectivity index (χ0v) is 16.9.